The van der Waals surface area contributed by atoms with E-state index >= 15 is 0 Å². The lowest BCUT2D eigenvalue weighted by atomic mass is 10.2. The molecular formula is C18H18FN3O2. The van der Waals surface area contributed by atoms with Gasteiger partial charge in [0.15, 0.2) is 0 Å². The van der Waals surface area contributed by atoms with Crippen LogP contribution in [0.1, 0.15) is 12.0 Å². The lowest BCUT2D eigenvalue weighted by Gasteiger charge is -2.17. The van der Waals surface area contributed by atoms with Gasteiger partial charge in [0.2, 0.25) is 5.91 Å². The average Bonchev–Trinajstić information content (AvgIpc) is 2.87. The standard InChI is InChI=1S/C18H18FN3O2/c19-14-6-4-5-13(9-14)11-22-12-16(10-17(22)23)21-18(24)20-15-7-2-1-3-8-15/h1-9,16H,10-12H2,(H2,20,21,24)/t16-/m1/s1. The second-order valence-electron chi connectivity index (χ2n) is 5.77. The Morgan fingerprint density at radius 2 is 1.96 bits per heavy atom. The summed E-state index contributed by atoms with van der Waals surface area (Å²) in [7, 11) is 0. The van der Waals surface area contributed by atoms with E-state index in [1.54, 1.807) is 29.2 Å². The van der Waals surface area contributed by atoms with Crippen LogP contribution in [-0.4, -0.2) is 29.4 Å². The van der Waals surface area contributed by atoms with Crippen molar-refractivity contribution in [2.75, 3.05) is 11.9 Å². The molecule has 0 saturated carbocycles. The fourth-order valence-corrected chi connectivity index (χ4v) is 2.75. The fraction of sp³-hybridized carbons (Fsp3) is 0.222. The van der Waals surface area contributed by atoms with Gasteiger partial charge >= 0.3 is 6.03 Å². The Kier molecular flexibility index (Phi) is 4.74. The van der Waals surface area contributed by atoms with Crippen LogP contribution in [0.3, 0.4) is 0 Å². The van der Waals surface area contributed by atoms with Crippen molar-refractivity contribution < 1.29 is 14.0 Å². The van der Waals surface area contributed by atoms with Gasteiger partial charge in [-0.15, -0.1) is 0 Å². The van der Waals surface area contributed by atoms with Crippen LogP contribution in [0.5, 0.6) is 0 Å². The summed E-state index contributed by atoms with van der Waals surface area (Å²) in [4.78, 5) is 25.7. The molecule has 0 radical (unpaired) electrons. The summed E-state index contributed by atoms with van der Waals surface area (Å²) >= 11 is 0. The number of carbonyl (C=O) groups excluding carboxylic acids is 2. The van der Waals surface area contributed by atoms with E-state index in [0.717, 1.165) is 5.56 Å². The Morgan fingerprint density at radius 3 is 2.71 bits per heavy atom. The molecule has 0 bridgehead atoms. The number of urea groups is 1. The second kappa shape index (κ2) is 7.12. The molecule has 2 N–H and O–H groups in total. The zero-order chi connectivity index (χ0) is 16.9. The molecule has 1 heterocycles. The minimum absolute atomic E-state index is 0.0516. The summed E-state index contributed by atoms with van der Waals surface area (Å²) in [5, 5.41) is 5.52. The molecule has 5 nitrogen and oxygen atoms in total. The van der Waals surface area contributed by atoms with Crippen LogP contribution in [0.25, 0.3) is 0 Å². The lowest BCUT2D eigenvalue weighted by molar-refractivity contribution is -0.128. The van der Waals surface area contributed by atoms with Crippen molar-refractivity contribution in [3.63, 3.8) is 0 Å². The van der Waals surface area contributed by atoms with Crippen molar-refractivity contribution >= 4 is 17.6 Å². The normalized spacial score (nSPS) is 17.0. The fourth-order valence-electron chi connectivity index (χ4n) is 2.75. The molecule has 6 heteroatoms. The Balaban J connectivity index is 1.53. The molecule has 3 amide bonds. The van der Waals surface area contributed by atoms with Gasteiger partial charge in [-0.3, -0.25) is 4.79 Å². The van der Waals surface area contributed by atoms with Crippen LogP contribution < -0.4 is 10.6 Å². The zero-order valence-corrected chi connectivity index (χ0v) is 13.0. The smallest absolute Gasteiger partial charge is 0.319 e. The van der Waals surface area contributed by atoms with E-state index < -0.39 is 0 Å². The minimum Gasteiger partial charge on any atom is -0.336 e. The van der Waals surface area contributed by atoms with Gasteiger partial charge in [-0.1, -0.05) is 30.3 Å². The Labute approximate surface area is 139 Å². The number of carbonyl (C=O) groups is 2. The summed E-state index contributed by atoms with van der Waals surface area (Å²) in [6.07, 6.45) is 0.248. The number of nitrogens with one attached hydrogen (secondary N) is 2. The topological polar surface area (TPSA) is 61.4 Å². The van der Waals surface area contributed by atoms with E-state index in [9.17, 15) is 14.0 Å². The van der Waals surface area contributed by atoms with Gasteiger partial charge in [-0.25, -0.2) is 9.18 Å². The van der Waals surface area contributed by atoms with Gasteiger partial charge in [0.25, 0.3) is 0 Å². The number of rotatable bonds is 4. The monoisotopic (exact) mass is 327 g/mol. The maximum atomic E-state index is 13.2. The SMILES string of the molecule is O=C(Nc1ccccc1)N[C@@H]1CC(=O)N(Cc2cccc(F)c2)C1. The van der Waals surface area contributed by atoms with Crippen molar-refractivity contribution in [3.8, 4) is 0 Å². The average molecular weight is 327 g/mol. The third kappa shape index (κ3) is 4.10. The number of para-hydroxylation sites is 1. The first-order valence-corrected chi connectivity index (χ1v) is 7.75. The summed E-state index contributed by atoms with van der Waals surface area (Å²) in [6, 6.07) is 14.7. The number of hydrogen-bond acceptors (Lipinski definition) is 2. The second-order valence-corrected chi connectivity index (χ2v) is 5.77. The number of likely N-dealkylation sites (tertiary alicyclic amines) is 1. The molecule has 3 rings (SSSR count). The van der Waals surface area contributed by atoms with E-state index in [2.05, 4.69) is 10.6 Å². The lowest BCUT2D eigenvalue weighted by Crippen LogP contribution is -2.39. The molecule has 0 unspecified atom stereocenters. The third-order valence-corrected chi connectivity index (χ3v) is 3.84. The first-order valence-electron chi connectivity index (χ1n) is 7.75. The molecule has 1 aliphatic rings. The van der Waals surface area contributed by atoms with Gasteiger partial charge < -0.3 is 15.5 Å². The Hall–Kier alpha value is -2.89. The minimum atomic E-state index is -0.341. The quantitative estimate of drug-likeness (QED) is 0.907. The molecular weight excluding hydrogens is 309 g/mol. The molecule has 1 atom stereocenters. The number of amides is 3. The van der Waals surface area contributed by atoms with Crippen molar-refractivity contribution in [1.29, 1.82) is 0 Å². The largest absolute Gasteiger partial charge is 0.336 e. The van der Waals surface area contributed by atoms with Gasteiger partial charge in [0.1, 0.15) is 5.82 Å². The van der Waals surface area contributed by atoms with E-state index in [0.29, 0.717) is 18.8 Å². The molecule has 2 aromatic carbocycles. The van der Waals surface area contributed by atoms with E-state index in [1.165, 1.54) is 12.1 Å². The van der Waals surface area contributed by atoms with E-state index in [-0.39, 0.29) is 30.2 Å². The van der Waals surface area contributed by atoms with Crippen LogP contribution in [0.15, 0.2) is 54.6 Å². The van der Waals surface area contributed by atoms with Crippen molar-refractivity contribution in [2.24, 2.45) is 0 Å². The highest BCUT2D eigenvalue weighted by atomic mass is 19.1. The van der Waals surface area contributed by atoms with Crippen molar-refractivity contribution in [1.82, 2.24) is 10.2 Å². The molecule has 24 heavy (non-hydrogen) atoms. The van der Waals surface area contributed by atoms with Gasteiger partial charge in [0, 0.05) is 25.2 Å². The van der Waals surface area contributed by atoms with Crippen LogP contribution in [0, 0.1) is 5.82 Å². The van der Waals surface area contributed by atoms with Gasteiger partial charge in [-0.2, -0.15) is 0 Å². The highest BCUT2D eigenvalue weighted by molar-refractivity contribution is 5.90. The number of hydrogen-bond donors (Lipinski definition) is 2. The third-order valence-electron chi connectivity index (χ3n) is 3.84. The Bertz CT molecular complexity index is 736. The van der Waals surface area contributed by atoms with Crippen molar-refractivity contribution in [2.45, 2.75) is 19.0 Å². The van der Waals surface area contributed by atoms with E-state index in [1.807, 2.05) is 18.2 Å². The molecule has 0 aromatic heterocycles. The maximum absolute atomic E-state index is 13.2. The highest BCUT2D eigenvalue weighted by Gasteiger charge is 2.30. The maximum Gasteiger partial charge on any atom is 0.319 e. The first-order chi connectivity index (χ1) is 11.6. The molecule has 124 valence electrons. The molecule has 1 saturated heterocycles. The highest BCUT2D eigenvalue weighted by Crippen LogP contribution is 2.16. The molecule has 0 spiro atoms. The van der Waals surface area contributed by atoms with Gasteiger partial charge in [0.05, 0.1) is 6.04 Å². The van der Waals surface area contributed by atoms with Crippen LogP contribution in [-0.2, 0) is 11.3 Å². The summed E-state index contributed by atoms with van der Waals surface area (Å²) in [5.41, 5.74) is 1.42. The molecule has 1 aliphatic heterocycles. The molecule has 0 aliphatic carbocycles. The number of nitrogens with zero attached hydrogens (tertiary/aromatic N) is 1. The van der Waals surface area contributed by atoms with Crippen LogP contribution in [0.2, 0.25) is 0 Å². The van der Waals surface area contributed by atoms with Crippen molar-refractivity contribution in [3.05, 3.63) is 66.0 Å². The Morgan fingerprint density at radius 1 is 1.17 bits per heavy atom. The number of benzene rings is 2. The van der Waals surface area contributed by atoms with Gasteiger partial charge in [-0.05, 0) is 29.8 Å². The predicted molar refractivity (Wildman–Crippen MR) is 88.8 cm³/mol. The summed E-state index contributed by atoms with van der Waals surface area (Å²) in [5.74, 6) is -0.375. The number of halogens is 1. The van der Waals surface area contributed by atoms with E-state index in [4.69, 9.17) is 0 Å². The zero-order valence-electron chi connectivity index (χ0n) is 13.0. The summed E-state index contributed by atoms with van der Waals surface area (Å²) in [6.45, 7) is 0.757. The van der Waals surface area contributed by atoms with Crippen LogP contribution >= 0.6 is 0 Å². The van der Waals surface area contributed by atoms with Crippen LogP contribution in [0.4, 0.5) is 14.9 Å². The first kappa shape index (κ1) is 16.0. The summed E-state index contributed by atoms with van der Waals surface area (Å²) < 4.78 is 13.2. The molecule has 2 aromatic rings. The number of anilines is 1. The molecule has 1 fully saturated rings. The predicted octanol–water partition coefficient (Wildman–Crippen LogP) is 2.75.